The number of esters is 1. The third-order valence-electron chi connectivity index (χ3n) is 5.76. The minimum Gasteiger partial charge on any atom is -0.462 e. The number of fused-ring (bicyclic) bond motifs is 1. The number of nitro benzene ring substituents is 1. The van der Waals surface area contributed by atoms with Gasteiger partial charge in [0.25, 0.3) is 11.6 Å². The number of thiophene rings is 1. The molecule has 0 saturated carbocycles. The lowest BCUT2D eigenvalue weighted by Gasteiger charge is -2.28. The van der Waals surface area contributed by atoms with Gasteiger partial charge in [-0.05, 0) is 63.1 Å². The third kappa shape index (κ3) is 4.27. The lowest BCUT2D eigenvalue weighted by Crippen LogP contribution is -2.30. The molecule has 2 aliphatic rings. The molecule has 0 atom stereocenters. The number of nitrogens with zero attached hydrogens (tertiary/aromatic N) is 2. The summed E-state index contributed by atoms with van der Waals surface area (Å²) in [4.78, 5) is 39.8. The Morgan fingerprint density at radius 1 is 1.19 bits per heavy atom. The van der Waals surface area contributed by atoms with Gasteiger partial charge in [0.05, 0.1) is 17.1 Å². The molecule has 0 spiro atoms. The van der Waals surface area contributed by atoms with Crippen LogP contribution in [0.5, 0.6) is 0 Å². The van der Waals surface area contributed by atoms with E-state index in [-0.39, 0.29) is 17.9 Å². The molecule has 1 aromatic carbocycles. The third-order valence-corrected chi connectivity index (χ3v) is 6.97. The molecule has 0 radical (unpaired) electrons. The largest absolute Gasteiger partial charge is 0.462 e. The number of amides is 1. The van der Waals surface area contributed by atoms with Gasteiger partial charge < -0.3 is 15.0 Å². The van der Waals surface area contributed by atoms with E-state index >= 15 is 0 Å². The van der Waals surface area contributed by atoms with Crippen molar-refractivity contribution in [3.8, 4) is 0 Å². The highest BCUT2D eigenvalue weighted by atomic mass is 32.1. The monoisotopic (exact) mass is 443 g/mol. The van der Waals surface area contributed by atoms with Crippen LogP contribution in [0.15, 0.2) is 18.2 Å². The second kappa shape index (κ2) is 9.05. The van der Waals surface area contributed by atoms with Gasteiger partial charge in [0.1, 0.15) is 10.7 Å². The number of rotatable bonds is 6. The Morgan fingerprint density at radius 2 is 1.97 bits per heavy atom. The average Bonchev–Trinajstić information content (AvgIpc) is 3.34. The Kier molecular flexibility index (Phi) is 6.22. The van der Waals surface area contributed by atoms with Crippen LogP contribution in [0, 0.1) is 10.1 Å². The molecule has 1 aromatic heterocycles. The molecule has 164 valence electrons. The van der Waals surface area contributed by atoms with Crippen molar-refractivity contribution < 1.29 is 19.2 Å². The molecule has 8 nitrogen and oxygen atoms in total. The Morgan fingerprint density at radius 3 is 2.68 bits per heavy atom. The molecule has 1 amide bonds. The van der Waals surface area contributed by atoms with Crippen molar-refractivity contribution in [1.29, 1.82) is 0 Å². The highest BCUT2D eigenvalue weighted by molar-refractivity contribution is 7.17. The van der Waals surface area contributed by atoms with Gasteiger partial charge in [-0.25, -0.2) is 4.79 Å². The number of carbonyl (C=O) groups excluding carboxylic acids is 2. The van der Waals surface area contributed by atoms with Crippen LogP contribution in [0.4, 0.5) is 16.4 Å². The van der Waals surface area contributed by atoms with Crippen LogP contribution in [0.1, 0.15) is 63.8 Å². The lowest BCUT2D eigenvalue weighted by molar-refractivity contribution is -0.384. The number of piperidine rings is 1. The van der Waals surface area contributed by atoms with Crippen LogP contribution in [-0.2, 0) is 17.6 Å². The lowest BCUT2D eigenvalue weighted by atomic mass is 10.1. The quantitative estimate of drug-likeness (QED) is 0.399. The van der Waals surface area contributed by atoms with Crippen molar-refractivity contribution in [2.75, 3.05) is 29.9 Å². The highest BCUT2D eigenvalue weighted by Gasteiger charge is 2.29. The van der Waals surface area contributed by atoms with Gasteiger partial charge in [0.2, 0.25) is 0 Å². The Hall–Kier alpha value is -2.94. The molecule has 2 heterocycles. The predicted octanol–water partition coefficient (Wildman–Crippen LogP) is 4.56. The molecule has 4 rings (SSSR count). The second-order valence-electron chi connectivity index (χ2n) is 7.74. The summed E-state index contributed by atoms with van der Waals surface area (Å²) in [6.45, 7) is 3.54. The molecular weight excluding hydrogens is 418 g/mol. The Balaban J connectivity index is 1.61. The van der Waals surface area contributed by atoms with Gasteiger partial charge in [-0.1, -0.05) is 0 Å². The van der Waals surface area contributed by atoms with E-state index in [4.69, 9.17) is 4.74 Å². The maximum atomic E-state index is 12.9. The maximum Gasteiger partial charge on any atom is 0.341 e. The number of nitro groups is 1. The normalized spacial score (nSPS) is 15.5. The van der Waals surface area contributed by atoms with E-state index < -0.39 is 16.8 Å². The molecule has 1 N–H and O–H groups in total. The zero-order valence-corrected chi connectivity index (χ0v) is 18.3. The smallest absolute Gasteiger partial charge is 0.341 e. The van der Waals surface area contributed by atoms with Crippen LogP contribution in [0.3, 0.4) is 0 Å². The first-order valence-electron chi connectivity index (χ1n) is 10.7. The summed E-state index contributed by atoms with van der Waals surface area (Å²) in [6, 6.07) is 4.58. The van der Waals surface area contributed by atoms with E-state index in [0.717, 1.165) is 62.1 Å². The zero-order valence-electron chi connectivity index (χ0n) is 17.4. The molecule has 31 heavy (non-hydrogen) atoms. The molecular formula is C22H25N3O5S. The first-order chi connectivity index (χ1) is 15.0. The fourth-order valence-electron chi connectivity index (χ4n) is 4.30. The molecule has 9 heteroatoms. The standard InChI is InChI=1S/C22H25N3O5S/c1-2-30-22(27)19-15-7-6-8-18(15)31-21(19)23-20(26)14-9-10-16(17(13-14)25(28)29)24-11-4-3-5-12-24/h9-10,13H,2-8,11-12H2,1H3,(H,23,26). The summed E-state index contributed by atoms with van der Waals surface area (Å²) in [5.41, 5.74) is 2.03. The van der Waals surface area contributed by atoms with Crippen molar-refractivity contribution in [2.45, 2.75) is 45.4 Å². The molecule has 1 saturated heterocycles. The fraction of sp³-hybridized carbons (Fsp3) is 0.455. The fourth-order valence-corrected chi connectivity index (χ4v) is 5.57. The summed E-state index contributed by atoms with van der Waals surface area (Å²) >= 11 is 1.39. The van der Waals surface area contributed by atoms with Crippen LogP contribution in [0.25, 0.3) is 0 Å². The molecule has 1 aliphatic carbocycles. The predicted molar refractivity (Wildman–Crippen MR) is 119 cm³/mol. The minimum atomic E-state index is -0.473. The van der Waals surface area contributed by atoms with Crippen molar-refractivity contribution >= 4 is 39.6 Å². The first kappa shape index (κ1) is 21.3. The minimum absolute atomic E-state index is 0.0751. The van der Waals surface area contributed by atoms with Crippen molar-refractivity contribution in [3.05, 3.63) is 49.9 Å². The van der Waals surface area contributed by atoms with E-state index in [9.17, 15) is 19.7 Å². The number of hydrogen-bond donors (Lipinski definition) is 1. The molecule has 1 aliphatic heterocycles. The van der Waals surface area contributed by atoms with Gasteiger partial charge in [-0.15, -0.1) is 11.3 Å². The van der Waals surface area contributed by atoms with Gasteiger partial charge in [0, 0.05) is 29.6 Å². The zero-order chi connectivity index (χ0) is 22.0. The Labute approximate surface area is 184 Å². The summed E-state index contributed by atoms with van der Waals surface area (Å²) < 4.78 is 5.19. The molecule has 0 unspecified atom stereocenters. The summed E-state index contributed by atoms with van der Waals surface area (Å²) in [7, 11) is 0. The van der Waals surface area contributed by atoms with E-state index in [2.05, 4.69) is 5.32 Å². The van der Waals surface area contributed by atoms with Crippen molar-refractivity contribution in [3.63, 3.8) is 0 Å². The second-order valence-corrected chi connectivity index (χ2v) is 8.85. The van der Waals surface area contributed by atoms with Crippen LogP contribution in [0.2, 0.25) is 0 Å². The van der Waals surface area contributed by atoms with Gasteiger partial charge >= 0.3 is 5.97 Å². The molecule has 1 fully saturated rings. The van der Waals surface area contributed by atoms with E-state index in [1.807, 2.05) is 4.90 Å². The van der Waals surface area contributed by atoms with Gasteiger partial charge in [-0.3, -0.25) is 14.9 Å². The van der Waals surface area contributed by atoms with E-state index in [1.165, 1.54) is 17.4 Å². The average molecular weight is 444 g/mol. The number of ether oxygens (including phenoxy) is 1. The van der Waals surface area contributed by atoms with Crippen molar-refractivity contribution in [1.82, 2.24) is 0 Å². The Bertz CT molecular complexity index is 1030. The van der Waals surface area contributed by atoms with E-state index in [0.29, 0.717) is 16.3 Å². The number of anilines is 2. The number of nitrogens with one attached hydrogen (secondary N) is 1. The SMILES string of the molecule is CCOC(=O)c1c(NC(=O)c2ccc(N3CCCCC3)c([N+](=O)[O-])c2)sc2c1CCC2. The topological polar surface area (TPSA) is 102 Å². The molecule has 2 aromatic rings. The van der Waals surface area contributed by atoms with Crippen LogP contribution in [-0.4, -0.2) is 36.5 Å². The van der Waals surface area contributed by atoms with E-state index in [1.54, 1.807) is 19.1 Å². The van der Waals surface area contributed by atoms with Crippen LogP contribution < -0.4 is 10.2 Å². The van der Waals surface area contributed by atoms with Crippen LogP contribution >= 0.6 is 11.3 Å². The maximum absolute atomic E-state index is 12.9. The summed E-state index contributed by atoms with van der Waals surface area (Å²) in [5.74, 6) is -0.914. The van der Waals surface area contributed by atoms with Gasteiger partial charge in [0.15, 0.2) is 0 Å². The highest BCUT2D eigenvalue weighted by Crippen LogP contribution is 2.40. The summed E-state index contributed by atoms with van der Waals surface area (Å²) in [5, 5.41) is 15.0. The van der Waals surface area contributed by atoms with Crippen molar-refractivity contribution in [2.24, 2.45) is 0 Å². The number of aryl methyl sites for hydroxylation is 1. The number of benzene rings is 1. The number of carbonyl (C=O) groups is 2. The van der Waals surface area contributed by atoms with Gasteiger partial charge in [-0.2, -0.15) is 0 Å². The molecule has 0 bridgehead atoms. The first-order valence-corrected chi connectivity index (χ1v) is 11.5. The summed E-state index contributed by atoms with van der Waals surface area (Å²) in [6.07, 6.45) is 5.76. The number of hydrogen-bond acceptors (Lipinski definition) is 7.